The predicted octanol–water partition coefficient (Wildman–Crippen LogP) is 15.2. The van der Waals surface area contributed by atoms with E-state index in [2.05, 4.69) is 157 Å². The highest BCUT2D eigenvalue weighted by molar-refractivity contribution is 6.08. The van der Waals surface area contributed by atoms with E-state index < -0.39 is 0 Å². The van der Waals surface area contributed by atoms with Gasteiger partial charge in [0.25, 0.3) is 0 Å². The largest absolute Gasteiger partial charge is 0.456 e. The Morgan fingerprint density at radius 3 is 1.63 bits per heavy atom. The van der Waals surface area contributed by atoms with E-state index in [9.17, 15) is 0 Å². The van der Waals surface area contributed by atoms with Crippen LogP contribution in [0.25, 0.3) is 111 Å². The third-order valence-electron chi connectivity index (χ3n) is 11.8. The van der Waals surface area contributed by atoms with Crippen LogP contribution in [0.15, 0.2) is 217 Å². The van der Waals surface area contributed by atoms with Crippen LogP contribution < -0.4 is 4.74 Å². The van der Waals surface area contributed by atoms with Gasteiger partial charge >= 0.3 is 0 Å². The van der Waals surface area contributed by atoms with Gasteiger partial charge in [-0.25, -0.2) is 9.97 Å². The van der Waals surface area contributed by atoms with Crippen molar-refractivity contribution in [3.05, 3.63) is 213 Å². The van der Waals surface area contributed by atoms with E-state index in [1.165, 1.54) is 0 Å². The predicted molar refractivity (Wildman–Crippen MR) is 251 cm³/mol. The second-order valence-electron chi connectivity index (χ2n) is 15.5. The molecule has 1 aliphatic rings. The normalized spacial score (nSPS) is 11.7. The lowest BCUT2D eigenvalue weighted by atomic mass is 9.86. The van der Waals surface area contributed by atoms with Gasteiger partial charge in [0.15, 0.2) is 5.82 Å². The number of para-hydroxylation sites is 2. The Kier molecular flexibility index (Phi) is 8.42. The van der Waals surface area contributed by atoms with E-state index in [4.69, 9.17) is 19.1 Å². The van der Waals surface area contributed by atoms with Crippen LogP contribution in [0.4, 0.5) is 0 Å². The van der Waals surface area contributed by atoms with E-state index in [-0.39, 0.29) is 0 Å². The summed E-state index contributed by atoms with van der Waals surface area (Å²) in [6, 6.07) is 69.5. The summed E-state index contributed by atoms with van der Waals surface area (Å²) < 4.78 is 13.7. The smallest absolute Gasteiger partial charge is 0.160 e. The summed E-state index contributed by atoms with van der Waals surface area (Å²) >= 11 is 0. The zero-order valence-corrected chi connectivity index (χ0v) is 33.4. The first-order chi connectivity index (χ1) is 30.7. The van der Waals surface area contributed by atoms with E-state index in [1.807, 2.05) is 54.7 Å². The number of furan rings is 1. The molecule has 0 amide bonds. The maximum Gasteiger partial charge on any atom is 0.160 e. The molecule has 11 aromatic rings. The standard InChI is InChI=1S/C57H35N3O2/c1-2-13-37(14-3-1)51-34-52(38-26-24-36(25-27-38)40-15-12-30-58-35-40)60-57(59-51)39-28-29-45-43-18-5-4-16-41(43)42-17-6-7-19-44(42)46-20-8-10-22-53(46)61-56-32-49-47-21-9-11-23-54(47)62-55(49)33-50(56)48(45)31-39/h1-35H. The molecule has 5 nitrogen and oxygen atoms in total. The molecule has 8 aromatic carbocycles. The van der Waals surface area contributed by atoms with E-state index in [0.717, 1.165) is 117 Å². The monoisotopic (exact) mass is 793 g/mol. The number of hydrogen-bond acceptors (Lipinski definition) is 5. The Morgan fingerprint density at radius 1 is 0.323 bits per heavy atom. The Balaban J connectivity index is 1.12. The van der Waals surface area contributed by atoms with Crippen molar-refractivity contribution in [2.45, 2.75) is 0 Å². The van der Waals surface area contributed by atoms with Crippen LogP contribution in [0.1, 0.15) is 0 Å². The Hall–Kier alpha value is -8.41. The van der Waals surface area contributed by atoms with Gasteiger partial charge in [0.1, 0.15) is 22.7 Å². The van der Waals surface area contributed by atoms with Gasteiger partial charge in [-0.1, -0.05) is 158 Å². The number of nitrogens with zero attached hydrogens (tertiary/aromatic N) is 3. The minimum atomic E-state index is 0.617. The molecule has 4 heterocycles. The fraction of sp³-hybridized carbons (Fsp3) is 0. The molecule has 0 spiro atoms. The molecular formula is C57H35N3O2. The van der Waals surface area contributed by atoms with Crippen molar-refractivity contribution in [2.75, 3.05) is 0 Å². The van der Waals surface area contributed by atoms with Crippen molar-refractivity contribution in [3.8, 4) is 101 Å². The fourth-order valence-corrected chi connectivity index (χ4v) is 8.84. The van der Waals surface area contributed by atoms with E-state index >= 15 is 0 Å². The van der Waals surface area contributed by atoms with Crippen LogP contribution in [0, 0.1) is 0 Å². The van der Waals surface area contributed by atoms with Crippen LogP contribution in [-0.4, -0.2) is 15.0 Å². The van der Waals surface area contributed by atoms with Crippen molar-refractivity contribution in [2.24, 2.45) is 0 Å². The molecule has 0 atom stereocenters. The molecule has 0 saturated heterocycles. The lowest BCUT2D eigenvalue weighted by Gasteiger charge is -2.18. The number of ether oxygens (including phenoxy) is 1. The SMILES string of the molecule is c1ccc(-c2cc(-c3ccc(-c4cccnc4)cc3)nc(-c3ccc4c(c3)-c3cc5oc6ccccc6c5cc3Oc3ccccc3-c3ccccc3-c3ccccc3-4)n2)cc1. The summed E-state index contributed by atoms with van der Waals surface area (Å²) in [6.45, 7) is 0. The third-order valence-corrected chi connectivity index (χ3v) is 11.8. The molecule has 5 heteroatoms. The van der Waals surface area contributed by atoms with Crippen LogP contribution >= 0.6 is 0 Å². The summed E-state index contributed by atoms with van der Waals surface area (Å²) in [7, 11) is 0. The molecule has 0 bridgehead atoms. The number of rotatable bonds is 4. The second kappa shape index (κ2) is 14.7. The van der Waals surface area contributed by atoms with Gasteiger partial charge in [0.05, 0.1) is 11.4 Å². The topological polar surface area (TPSA) is 61.0 Å². The van der Waals surface area contributed by atoms with Crippen molar-refractivity contribution in [3.63, 3.8) is 0 Å². The number of aromatic nitrogens is 3. The summed E-state index contributed by atoms with van der Waals surface area (Å²) in [5, 5.41) is 2.02. The quantitative estimate of drug-likeness (QED) is 0.178. The maximum atomic E-state index is 7.18. The van der Waals surface area contributed by atoms with Gasteiger partial charge in [0.2, 0.25) is 0 Å². The molecule has 12 rings (SSSR count). The average molecular weight is 794 g/mol. The minimum Gasteiger partial charge on any atom is -0.456 e. The molecule has 0 fully saturated rings. The van der Waals surface area contributed by atoms with Gasteiger partial charge in [0, 0.05) is 51.0 Å². The Labute approximate surface area is 358 Å². The molecule has 1 aliphatic heterocycles. The second-order valence-corrected chi connectivity index (χ2v) is 15.5. The van der Waals surface area contributed by atoms with Crippen molar-refractivity contribution in [1.82, 2.24) is 15.0 Å². The van der Waals surface area contributed by atoms with Gasteiger partial charge in [-0.2, -0.15) is 0 Å². The van der Waals surface area contributed by atoms with Crippen LogP contribution in [0.3, 0.4) is 0 Å². The molecule has 290 valence electrons. The fourth-order valence-electron chi connectivity index (χ4n) is 8.84. The molecule has 0 saturated carbocycles. The molecule has 62 heavy (non-hydrogen) atoms. The average Bonchev–Trinajstić information content (AvgIpc) is 3.71. The number of pyridine rings is 1. The molecule has 0 unspecified atom stereocenters. The lowest BCUT2D eigenvalue weighted by molar-refractivity contribution is 0.487. The minimum absolute atomic E-state index is 0.617. The van der Waals surface area contributed by atoms with E-state index in [1.54, 1.807) is 6.20 Å². The summed E-state index contributed by atoms with van der Waals surface area (Å²) in [5.74, 6) is 2.11. The Morgan fingerprint density at radius 2 is 0.903 bits per heavy atom. The van der Waals surface area contributed by atoms with Crippen LogP contribution in [0.2, 0.25) is 0 Å². The molecule has 0 radical (unpaired) electrons. The highest BCUT2D eigenvalue weighted by Crippen LogP contribution is 2.50. The van der Waals surface area contributed by atoms with Gasteiger partial charge < -0.3 is 9.15 Å². The zero-order chi connectivity index (χ0) is 41.0. The van der Waals surface area contributed by atoms with Gasteiger partial charge in [-0.15, -0.1) is 0 Å². The van der Waals surface area contributed by atoms with Crippen molar-refractivity contribution < 1.29 is 9.15 Å². The summed E-state index contributed by atoms with van der Waals surface area (Å²) in [5.41, 5.74) is 16.7. The Bertz CT molecular complexity index is 3490. The number of hydrogen-bond donors (Lipinski definition) is 0. The molecule has 3 aromatic heterocycles. The van der Waals surface area contributed by atoms with Crippen molar-refractivity contribution >= 4 is 21.9 Å². The van der Waals surface area contributed by atoms with Crippen LogP contribution in [0.5, 0.6) is 11.5 Å². The highest BCUT2D eigenvalue weighted by Gasteiger charge is 2.24. The van der Waals surface area contributed by atoms with Crippen molar-refractivity contribution in [1.29, 1.82) is 0 Å². The third kappa shape index (κ3) is 6.14. The first-order valence-corrected chi connectivity index (χ1v) is 20.7. The first-order valence-electron chi connectivity index (χ1n) is 20.7. The lowest BCUT2D eigenvalue weighted by Crippen LogP contribution is -1.98. The summed E-state index contributed by atoms with van der Waals surface area (Å²) in [6.07, 6.45) is 3.68. The molecule has 0 aliphatic carbocycles. The first kappa shape index (κ1) is 35.5. The maximum absolute atomic E-state index is 7.18. The number of fused-ring (bicyclic) bond motifs is 12. The molecule has 0 N–H and O–H groups in total. The van der Waals surface area contributed by atoms with E-state index in [0.29, 0.717) is 5.82 Å². The van der Waals surface area contributed by atoms with Gasteiger partial charge in [-0.3, -0.25) is 4.98 Å². The number of benzene rings is 8. The molecular weight excluding hydrogens is 759 g/mol. The van der Waals surface area contributed by atoms with Gasteiger partial charge in [-0.05, 0) is 87.0 Å². The highest BCUT2D eigenvalue weighted by atomic mass is 16.5. The summed E-state index contributed by atoms with van der Waals surface area (Å²) in [4.78, 5) is 14.9. The zero-order valence-electron chi connectivity index (χ0n) is 33.4. The van der Waals surface area contributed by atoms with Crippen LogP contribution in [-0.2, 0) is 0 Å².